The van der Waals surface area contributed by atoms with E-state index in [4.69, 9.17) is 28.2 Å². The fraction of sp³-hybridized carbons (Fsp3) is 0.370. The van der Waals surface area contributed by atoms with Gasteiger partial charge in [-0.05, 0) is 48.9 Å². The molecule has 1 N–H and O–H groups in total. The van der Waals surface area contributed by atoms with Gasteiger partial charge in [0.2, 0.25) is 5.95 Å². The van der Waals surface area contributed by atoms with Gasteiger partial charge in [0.1, 0.15) is 0 Å². The quantitative estimate of drug-likeness (QED) is 0.444. The van der Waals surface area contributed by atoms with E-state index in [1.54, 1.807) is 18.3 Å². The van der Waals surface area contributed by atoms with E-state index in [1.807, 2.05) is 12.1 Å². The molecule has 1 aliphatic carbocycles. The summed E-state index contributed by atoms with van der Waals surface area (Å²) in [5.41, 5.74) is 3.12. The van der Waals surface area contributed by atoms with Crippen molar-refractivity contribution in [2.75, 3.05) is 18.0 Å². The average molecular weight is 495 g/mol. The second-order valence-corrected chi connectivity index (χ2v) is 10.0. The largest absolute Gasteiger partial charge is 0.348 e. The summed E-state index contributed by atoms with van der Waals surface area (Å²) >= 11 is 12.3. The van der Waals surface area contributed by atoms with Crippen molar-refractivity contribution >= 4 is 35.1 Å². The maximum atomic E-state index is 13.5. The molecule has 1 amide bonds. The van der Waals surface area contributed by atoms with Crippen LogP contribution in [0.1, 0.15) is 65.7 Å². The Balaban J connectivity index is 1.53. The molecule has 34 heavy (non-hydrogen) atoms. The molecule has 5 nitrogen and oxygen atoms in total. The van der Waals surface area contributed by atoms with Crippen LogP contribution in [0.2, 0.25) is 10.0 Å². The first kappa shape index (κ1) is 23.1. The average Bonchev–Trinajstić information content (AvgIpc) is 3.57. The normalized spacial score (nSPS) is 17.2. The zero-order valence-corrected chi connectivity index (χ0v) is 20.6. The molecule has 0 bridgehead atoms. The first-order chi connectivity index (χ1) is 16.6. The van der Waals surface area contributed by atoms with Crippen molar-refractivity contribution in [1.29, 1.82) is 0 Å². The SMILES string of the molecule is O=C(NCc1ccc(Cl)cc1Cl)c1cnc(N2CCCC2)nc1C1(c2ccccc2)CCCC1. The van der Waals surface area contributed by atoms with Crippen LogP contribution in [-0.2, 0) is 12.0 Å². The Morgan fingerprint density at radius 2 is 1.74 bits per heavy atom. The molecule has 2 aromatic carbocycles. The van der Waals surface area contributed by atoms with E-state index in [2.05, 4.69) is 39.5 Å². The molecule has 0 radical (unpaired) electrons. The Kier molecular flexibility index (Phi) is 6.75. The number of aromatic nitrogens is 2. The number of benzene rings is 2. The van der Waals surface area contributed by atoms with Crippen LogP contribution >= 0.6 is 23.2 Å². The number of carbonyl (C=O) groups excluding carboxylic acids is 1. The van der Waals surface area contributed by atoms with Gasteiger partial charge in [-0.2, -0.15) is 0 Å². The smallest absolute Gasteiger partial charge is 0.255 e. The lowest BCUT2D eigenvalue weighted by Crippen LogP contribution is -2.33. The van der Waals surface area contributed by atoms with Crippen LogP contribution in [0.4, 0.5) is 5.95 Å². The number of nitrogens with zero attached hydrogens (tertiary/aromatic N) is 3. The molecule has 0 unspecified atom stereocenters. The van der Waals surface area contributed by atoms with Crippen LogP contribution < -0.4 is 10.2 Å². The maximum Gasteiger partial charge on any atom is 0.255 e. The number of carbonyl (C=O) groups is 1. The molecule has 0 atom stereocenters. The van der Waals surface area contributed by atoms with E-state index in [0.717, 1.165) is 68.8 Å². The van der Waals surface area contributed by atoms with Gasteiger partial charge in [-0.15, -0.1) is 0 Å². The van der Waals surface area contributed by atoms with Crippen LogP contribution in [0, 0.1) is 0 Å². The minimum atomic E-state index is -0.288. The summed E-state index contributed by atoms with van der Waals surface area (Å²) in [5.74, 6) is 0.545. The van der Waals surface area contributed by atoms with Crippen LogP contribution in [0.5, 0.6) is 0 Å². The molecule has 2 fully saturated rings. The van der Waals surface area contributed by atoms with Crippen LogP contribution in [0.3, 0.4) is 0 Å². The molecule has 0 spiro atoms. The van der Waals surface area contributed by atoms with Crippen molar-refractivity contribution in [3.8, 4) is 0 Å². The van der Waals surface area contributed by atoms with E-state index >= 15 is 0 Å². The Labute approximate surface area is 210 Å². The van der Waals surface area contributed by atoms with Gasteiger partial charge in [-0.25, -0.2) is 9.97 Å². The van der Waals surface area contributed by atoms with Crippen molar-refractivity contribution in [1.82, 2.24) is 15.3 Å². The third-order valence-electron chi connectivity index (χ3n) is 7.10. The summed E-state index contributed by atoms with van der Waals surface area (Å²) in [6.07, 6.45) is 8.17. The fourth-order valence-electron chi connectivity index (χ4n) is 5.31. The Bertz CT molecular complexity index is 1170. The van der Waals surface area contributed by atoms with Gasteiger partial charge >= 0.3 is 0 Å². The zero-order valence-electron chi connectivity index (χ0n) is 19.1. The number of hydrogen-bond donors (Lipinski definition) is 1. The topological polar surface area (TPSA) is 58.1 Å². The molecular weight excluding hydrogens is 467 g/mol. The monoisotopic (exact) mass is 494 g/mol. The summed E-state index contributed by atoms with van der Waals surface area (Å²) in [6.45, 7) is 2.22. The molecule has 1 aliphatic heterocycles. The lowest BCUT2D eigenvalue weighted by atomic mass is 9.74. The predicted octanol–water partition coefficient (Wildman–Crippen LogP) is 6.17. The van der Waals surface area contributed by atoms with Gasteiger partial charge in [-0.1, -0.05) is 72.4 Å². The Hall–Kier alpha value is -2.63. The van der Waals surface area contributed by atoms with E-state index in [0.29, 0.717) is 22.2 Å². The molecule has 3 aromatic rings. The number of hydrogen-bond acceptors (Lipinski definition) is 4. The van der Waals surface area contributed by atoms with Gasteiger partial charge in [-0.3, -0.25) is 4.79 Å². The first-order valence-electron chi connectivity index (χ1n) is 12.0. The lowest BCUT2D eigenvalue weighted by molar-refractivity contribution is 0.0947. The van der Waals surface area contributed by atoms with Crippen LogP contribution in [0.15, 0.2) is 54.7 Å². The molecule has 2 aliphatic rings. The Morgan fingerprint density at radius 1 is 1.00 bits per heavy atom. The standard InChI is InChI=1S/C27H28Cl2N4O/c28-21-11-10-19(23(29)16-21)17-30-25(34)22-18-31-26(33-14-6-7-15-33)32-24(22)27(12-4-5-13-27)20-8-2-1-3-9-20/h1-3,8-11,16,18H,4-7,12-15,17H2,(H,30,34). The van der Waals surface area contributed by atoms with Crippen LogP contribution in [-0.4, -0.2) is 29.0 Å². The summed E-state index contributed by atoms with van der Waals surface area (Å²) in [7, 11) is 0. The zero-order chi connectivity index (χ0) is 23.5. The third kappa shape index (κ3) is 4.51. The van der Waals surface area contributed by atoms with E-state index in [-0.39, 0.29) is 11.3 Å². The molecule has 7 heteroatoms. The second kappa shape index (κ2) is 9.93. The first-order valence-corrected chi connectivity index (χ1v) is 12.7. The highest BCUT2D eigenvalue weighted by molar-refractivity contribution is 6.35. The molecule has 1 saturated carbocycles. The molecule has 1 saturated heterocycles. The van der Waals surface area contributed by atoms with E-state index in [1.165, 1.54) is 5.56 Å². The van der Waals surface area contributed by atoms with Gasteiger partial charge in [0.15, 0.2) is 0 Å². The van der Waals surface area contributed by atoms with Gasteiger partial charge in [0.05, 0.1) is 11.3 Å². The number of nitrogens with one attached hydrogen (secondary N) is 1. The number of anilines is 1. The Morgan fingerprint density at radius 3 is 2.44 bits per heavy atom. The van der Waals surface area contributed by atoms with Gasteiger partial charge in [0.25, 0.3) is 5.91 Å². The summed E-state index contributed by atoms with van der Waals surface area (Å²) in [5, 5.41) is 4.14. The van der Waals surface area contributed by atoms with Crippen LogP contribution in [0.25, 0.3) is 0 Å². The van der Waals surface area contributed by atoms with Crippen molar-refractivity contribution < 1.29 is 4.79 Å². The van der Waals surface area contributed by atoms with Gasteiger partial charge in [0, 0.05) is 41.3 Å². The highest BCUT2D eigenvalue weighted by Gasteiger charge is 2.42. The molecular formula is C27H28Cl2N4O. The minimum Gasteiger partial charge on any atom is -0.348 e. The van der Waals surface area contributed by atoms with Crippen molar-refractivity contribution in [2.24, 2.45) is 0 Å². The predicted molar refractivity (Wildman–Crippen MR) is 137 cm³/mol. The van der Waals surface area contributed by atoms with Crippen molar-refractivity contribution in [2.45, 2.75) is 50.5 Å². The molecule has 1 aromatic heterocycles. The van der Waals surface area contributed by atoms with Gasteiger partial charge < -0.3 is 10.2 Å². The molecule has 2 heterocycles. The van der Waals surface area contributed by atoms with E-state index < -0.39 is 0 Å². The maximum absolute atomic E-state index is 13.5. The number of halogens is 2. The molecule has 5 rings (SSSR count). The van der Waals surface area contributed by atoms with Crippen molar-refractivity contribution in [3.05, 3.63) is 87.2 Å². The highest BCUT2D eigenvalue weighted by Crippen LogP contribution is 2.47. The highest BCUT2D eigenvalue weighted by atomic mass is 35.5. The number of amides is 1. The van der Waals surface area contributed by atoms with E-state index in [9.17, 15) is 4.79 Å². The minimum absolute atomic E-state index is 0.184. The number of rotatable bonds is 6. The summed E-state index contributed by atoms with van der Waals surface area (Å²) in [4.78, 5) is 25.5. The second-order valence-electron chi connectivity index (χ2n) is 9.20. The summed E-state index contributed by atoms with van der Waals surface area (Å²) < 4.78 is 0. The fourth-order valence-corrected chi connectivity index (χ4v) is 5.78. The third-order valence-corrected chi connectivity index (χ3v) is 7.69. The molecule has 176 valence electrons. The summed E-state index contributed by atoms with van der Waals surface area (Å²) in [6, 6.07) is 15.8. The lowest BCUT2D eigenvalue weighted by Gasteiger charge is -2.31. The van der Waals surface area contributed by atoms with Crippen molar-refractivity contribution in [3.63, 3.8) is 0 Å².